The van der Waals surface area contributed by atoms with Gasteiger partial charge in [0.15, 0.2) is 11.5 Å². The molecule has 1 heterocycles. The number of methoxy groups -OCH3 is 2. The maximum atomic E-state index is 11.6. The van der Waals surface area contributed by atoms with Crippen molar-refractivity contribution in [2.45, 2.75) is 37.6 Å². The molecule has 1 aliphatic rings. The molecule has 1 aromatic carbocycles. The summed E-state index contributed by atoms with van der Waals surface area (Å²) < 4.78 is 21.1. The summed E-state index contributed by atoms with van der Waals surface area (Å²) in [4.78, 5) is 23.1. The number of amides is 1. The van der Waals surface area contributed by atoms with E-state index in [1.807, 2.05) is 0 Å². The van der Waals surface area contributed by atoms with Crippen LogP contribution >= 0.6 is 0 Å². The van der Waals surface area contributed by atoms with Crippen LogP contribution in [-0.2, 0) is 14.3 Å². The lowest BCUT2D eigenvalue weighted by molar-refractivity contribution is -0.244. The lowest BCUT2D eigenvalue weighted by Crippen LogP contribution is -2.65. The molecule has 0 spiro atoms. The number of hydrogen-bond acceptors (Lipinski definition) is 9. The van der Waals surface area contributed by atoms with E-state index in [1.54, 1.807) is 0 Å². The quantitative estimate of drug-likeness (QED) is 0.444. The Kier molecular flexibility index (Phi) is 6.97. The van der Waals surface area contributed by atoms with Crippen molar-refractivity contribution in [1.82, 2.24) is 5.32 Å². The number of carbonyl (C=O) groups excluding carboxylic acids is 2. The highest BCUT2D eigenvalue weighted by atomic mass is 16.7. The van der Waals surface area contributed by atoms with E-state index in [-0.39, 0.29) is 17.1 Å². The minimum atomic E-state index is -1.44. The molecule has 0 radical (unpaired) electrons. The molecule has 1 saturated heterocycles. The average Bonchev–Trinajstić information content (AvgIpc) is 2.66. The van der Waals surface area contributed by atoms with E-state index < -0.39 is 49.1 Å². The van der Waals surface area contributed by atoms with Gasteiger partial charge in [0.05, 0.1) is 26.4 Å². The third-order valence-corrected chi connectivity index (χ3v) is 4.08. The number of benzene rings is 1. The van der Waals surface area contributed by atoms with Crippen LogP contribution in [0, 0.1) is 0 Å². The van der Waals surface area contributed by atoms with Gasteiger partial charge in [-0.1, -0.05) is 0 Å². The maximum absolute atomic E-state index is 11.6. The van der Waals surface area contributed by atoms with Crippen molar-refractivity contribution in [3.8, 4) is 11.5 Å². The first kappa shape index (κ1) is 20.9. The Bertz CT molecular complexity index is 680. The van der Waals surface area contributed by atoms with E-state index in [9.17, 15) is 24.9 Å². The summed E-state index contributed by atoms with van der Waals surface area (Å²) in [7, 11) is 2.61. The summed E-state index contributed by atoms with van der Waals surface area (Å²) in [6.45, 7) is 0.670. The Labute approximate surface area is 155 Å². The smallest absolute Gasteiger partial charge is 0.337 e. The van der Waals surface area contributed by atoms with Crippen molar-refractivity contribution in [1.29, 1.82) is 0 Å². The molecule has 0 unspecified atom stereocenters. The molecule has 4 N–H and O–H groups in total. The van der Waals surface area contributed by atoms with Crippen LogP contribution < -0.4 is 14.8 Å². The summed E-state index contributed by atoms with van der Waals surface area (Å²) in [5, 5.41) is 32.1. The van der Waals surface area contributed by atoms with Gasteiger partial charge in [-0.25, -0.2) is 4.79 Å². The van der Waals surface area contributed by atoms with Crippen molar-refractivity contribution in [3.05, 3.63) is 23.8 Å². The fourth-order valence-electron chi connectivity index (χ4n) is 2.71. The van der Waals surface area contributed by atoms with E-state index in [2.05, 4.69) is 10.1 Å². The number of carbonyl (C=O) groups is 2. The number of esters is 1. The fourth-order valence-corrected chi connectivity index (χ4v) is 2.71. The number of rotatable bonds is 6. The highest BCUT2D eigenvalue weighted by molar-refractivity contribution is 5.90. The molecule has 0 aliphatic carbocycles. The molecule has 0 aromatic heterocycles. The zero-order valence-corrected chi connectivity index (χ0v) is 15.1. The number of nitrogens with one attached hydrogen (secondary N) is 1. The summed E-state index contributed by atoms with van der Waals surface area (Å²) in [5.41, 5.74) is 0.230. The van der Waals surface area contributed by atoms with Gasteiger partial charge < -0.3 is 39.6 Å². The minimum Gasteiger partial charge on any atom is -0.493 e. The van der Waals surface area contributed by atoms with Gasteiger partial charge in [0.2, 0.25) is 12.2 Å². The molecule has 1 aromatic rings. The molecule has 5 atom stereocenters. The molecule has 10 heteroatoms. The van der Waals surface area contributed by atoms with Gasteiger partial charge >= 0.3 is 5.97 Å². The monoisotopic (exact) mass is 385 g/mol. The Hall–Kier alpha value is -2.40. The summed E-state index contributed by atoms with van der Waals surface area (Å²) in [6.07, 6.45) is -5.21. The van der Waals surface area contributed by atoms with Crippen LogP contribution in [0.2, 0.25) is 0 Å². The van der Waals surface area contributed by atoms with Crippen LogP contribution in [0.1, 0.15) is 17.3 Å². The standard InChI is InChI=1S/C17H23NO9/c1-8(20)18-13-15(22)14(21)12(7-19)27-17(13)26-10-5-4-9(16(23)25-3)6-11(10)24-2/h4-6,12-15,17,19,21-22H,7H2,1-3H3,(H,18,20)/t12-,13+,14-,15+,17+/m1/s1. The first-order chi connectivity index (χ1) is 12.8. The lowest BCUT2D eigenvalue weighted by atomic mass is 9.97. The normalized spacial score (nSPS) is 27.6. The Morgan fingerprint density at radius 2 is 1.89 bits per heavy atom. The van der Waals surface area contributed by atoms with Crippen LogP contribution in [0.3, 0.4) is 0 Å². The fraction of sp³-hybridized carbons (Fsp3) is 0.529. The van der Waals surface area contributed by atoms with Crippen molar-refractivity contribution in [3.63, 3.8) is 0 Å². The van der Waals surface area contributed by atoms with E-state index in [0.717, 1.165) is 0 Å². The number of aliphatic hydroxyl groups is 3. The highest BCUT2D eigenvalue weighted by Gasteiger charge is 2.46. The third kappa shape index (κ3) is 4.66. The van der Waals surface area contributed by atoms with Crippen LogP contribution in [0.4, 0.5) is 0 Å². The Morgan fingerprint density at radius 1 is 1.19 bits per heavy atom. The van der Waals surface area contributed by atoms with Crippen LogP contribution in [0.15, 0.2) is 18.2 Å². The van der Waals surface area contributed by atoms with Crippen LogP contribution in [0.5, 0.6) is 11.5 Å². The van der Waals surface area contributed by atoms with Crippen molar-refractivity contribution >= 4 is 11.9 Å². The molecule has 0 saturated carbocycles. The predicted molar refractivity (Wildman–Crippen MR) is 90.3 cm³/mol. The predicted octanol–water partition coefficient (Wildman–Crippen LogP) is -1.20. The number of hydrogen-bond donors (Lipinski definition) is 4. The molecule has 10 nitrogen and oxygen atoms in total. The van der Waals surface area contributed by atoms with Gasteiger partial charge in [-0.05, 0) is 18.2 Å². The number of aliphatic hydroxyl groups excluding tert-OH is 3. The molecule has 1 amide bonds. The van der Waals surface area contributed by atoms with Gasteiger partial charge in [0, 0.05) is 6.92 Å². The Morgan fingerprint density at radius 3 is 2.44 bits per heavy atom. The summed E-state index contributed by atoms with van der Waals surface area (Å²) in [5.74, 6) is -0.697. The summed E-state index contributed by atoms with van der Waals surface area (Å²) in [6, 6.07) is 3.16. The highest BCUT2D eigenvalue weighted by Crippen LogP contribution is 2.32. The second-order valence-corrected chi connectivity index (χ2v) is 5.91. The summed E-state index contributed by atoms with van der Waals surface area (Å²) >= 11 is 0. The van der Waals surface area contributed by atoms with Crippen molar-refractivity contribution < 1.29 is 43.9 Å². The zero-order valence-electron chi connectivity index (χ0n) is 15.1. The molecule has 27 heavy (non-hydrogen) atoms. The van der Waals surface area contributed by atoms with E-state index >= 15 is 0 Å². The second kappa shape index (κ2) is 9.00. The van der Waals surface area contributed by atoms with Crippen LogP contribution in [0.25, 0.3) is 0 Å². The molecule has 150 valence electrons. The van der Waals surface area contributed by atoms with Crippen molar-refractivity contribution in [2.75, 3.05) is 20.8 Å². The molecular weight excluding hydrogens is 362 g/mol. The second-order valence-electron chi connectivity index (χ2n) is 5.91. The molecule has 1 fully saturated rings. The average molecular weight is 385 g/mol. The Balaban J connectivity index is 2.30. The maximum Gasteiger partial charge on any atom is 0.337 e. The topological polar surface area (TPSA) is 144 Å². The molecule has 0 bridgehead atoms. The van der Waals surface area contributed by atoms with E-state index in [0.29, 0.717) is 0 Å². The van der Waals surface area contributed by atoms with Gasteiger partial charge in [-0.15, -0.1) is 0 Å². The molecular formula is C17H23NO9. The first-order valence-electron chi connectivity index (χ1n) is 8.15. The molecule has 2 rings (SSSR count). The zero-order chi connectivity index (χ0) is 20.1. The first-order valence-corrected chi connectivity index (χ1v) is 8.15. The largest absolute Gasteiger partial charge is 0.493 e. The van der Waals surface area contributed by atoms with E-state index in [1.165, 1.54) is 39.3 Å². The lowest BCUT2D eigenvalue weighted by Gasteiger charge is -2.42. The van der Waals surface area contributed by atoms with Crippen LogP contribution in [-0.4, -0.2) is 78.7 Å². The van der Waals surface area contributed by atoms with Gasteiger partial charge in [-0.3, -0.25) is 4.79 Å². The van der Waals surface area contributed by atoms with Gasteiger partial charge in [0.1, 0.15) is 24.4 Å². The van der Waals surface area contributed by atoms with Gasteiger partial charge in [0.25, 0.3) is 0 Å². The number of ether oxygens (including phenoxy) is 4. The molecule has 1 aliphatic heterocycles. The SMILES string of the molecule is COC(=O)c1ccc(O[C@H]2O[C@H](CO)[C@@H](O)[C@@H](O)[C@@H]2NC(C)=O)c(OC)c1. The van der Waals surface area contributed by atoms with E-state index in [4.69, 9.17) is 14.2 Å². The van der Waals surface area contributed by atoms with Gasteiger partial charge in [-0.2, -0.15) is 0 Å². The third-order valence-electron chi connectivity index (χ3n) is 4.08. The van der Waals surface area contributed by atoms with Crippen molar-refractivity contribution in [2.24, 2.45) is 0 Å². The minimum absolute atomic E-state index is 0.158.